The van der Waals surface area contributed by atoms with Crippen molar-refractivity contribution in [2.45, 2.75) is 17.3 Å². The van der Waals surface area contributed by atoms with Crippen molar-refractivity contribution in [1.29, 1.82) is 0 Å². The van der Waals surface area contributed by atoms with Crippen molar-refractivity contribution in [3.05, 3.63) is 65.5 Å². The highest BCUT2D eigenvalue weighted by molar-refractivity contribution is 7.89. The lowest BCUT2D eigenvalue weighted by atomic mass is 10.1. The number of nitrogens with one attached hydrogen (secondary N) is 1. The molecule has 20 heavy (non-hydrogen) atoms. The molecule has 6 heteroatoms. The van der Waals surface area contributed by atoms with Crippen LogP contribution < -0.4 is 4.72 Å². The molecule has 0 aliphatic carbocycles. The molecular weight excluding hydrogens is 301 g/mol. The van der Waals surface area contributed by atoms with Gasteiger partial charge in [0.15, 0.2) is 0 Å². The summed E-state index contributed by atoms with van der Waals surface area (Å²) in [6.45, 7) is 0.140. The van der Waals surface area contributed by atoms with E-state index >= 15 is 0 Å². The average Bonchev–Trinajstić information content (AvgIpc) is 2.46. The van der Waals surface area contributed by atoms with E-state index in [4.69, 9.17) is 11.6 Å². The largest absolute Gasteiger partial charge is 0.240 e. The van der Waals surface area contributed by atoms with Gasteiger partial charge in [0.1, 0.15) is 5.82 Å². The smallest absolute Gasteiger partial charge is 0.207 e. The second-order valence-corrected chi connectivity index (χ2v) is 6.27. The Balaban J connectivity index is 2.09. The molecule has 0 saturated heterocycles. The Morgan fingerprint density at radius 2 is 1.70 bits per heavy atom. The number of sulfonamides is 1. The van der Waals surface area contributed by atoms with Crippen LogP contribution in [0.1, 0.15) is 11.1 Å². The average molecular weight is 314 g/mol. The minimum atomic E-state index is -3.71. The second kappa shape index (κ2) is 6.35. The zero-order chi connectivity index (χ0) is 14.6. The van der Waals surface area contributed by atoms with E-state index in [0.29, 0.717) is 5.88 Å². The van der Waals surface area contributed by atoms with E-state index in [2.05, 4.69) is 4.72 Å². The van der Waals surface area contributed by atoms with Crippen LogP contribution in [0.3, 0.4) is 0 Å². The number of alkyl halides is 1. The van der Waals surface area contributed by atoms with Gasteiger partial charge in [0.25, 0.3) is 0 Å². The SMILES string of the molecule is O=S(=O)(NCc1ccc(CCl)cc1)c1cccc(F)c1. The molecule has 3 nitrogen and oxygen atoms in total. The van der Waals surface area contributed by atoms with Gasteiger partial charge in [0, 0.05) is 12.4 Å². The Bertz CT molecular complexity index is 687. The first kappa shape index (κ1) is 15.0. The monoisotopic (exact) mass is 313 g/mol. The highest BCUT2D eigenvalue weighted by atomic mass is 35.5. The number of halogens is 2. The predicted octanol–water partition coefficient (Wildman–Crippen LogP) is 3.04. The first-order valence-electron chi connectivity index (χ1n) is 5.90. The van der Waals surface area contributed by atoms with Gasteiger partial charge in [-0.3, -0.25) is 0 Å². The maximum absolute atomic E-state index is 13.0. The lowest BCUT2D eigenvalue weighted by Crippen LogP contribution is -2.23. The van der Waals surface area contributed by atoms with Crippen LogP contribution in [-0.4, -0.2) is 8.42 Å². The molecule has 1 N–H and O–H groups in total. The Kier molecular flexibility index (Phi) is 4.75. The fourth-order valence-corrected chi connectivity index (χ4v) is 2.87. The fraction of sp³-hybridized carbons (Fsp3) is 0.143. The molecule has 2 aromatic rings. The summed E-state index contributed by atoms with van der Waals surface area (Å²) in [5.41, 5.74) is 1.77. The third-order valence-corrected chi connectivity index (χ3v) is 4.46. The molecule has 0 aliphatic rings. The molecule has 106 valence electrons. The zero-order valence-corrected chi connectivity index (χ0v) is 12.1. The summed E-state index contributed by atoms with van der Waals surface area (Å²) >= 11 is 5.68. The van der Waals surface area contributed by atoms with E-state index in [1.165, 1.54) is 18.2 Å². The van der Waals surface area contributed by atoms with Crippen LogP contribution in [0.5, 0.6) is 0 Å². The Morgan fingerprint density at radius 1 is 1.05 bits per heavy atom. The van der Waals surface area contributed by atoms with Crippen LogP contribution in [0.25, 0.3) is 0 Å². The fourth-order valence-electron chi connectivity index (χ4n) is 1.64. The molecule has 0 spiro atoms. The quantitative estimate of drug-likeness (QED) is 0.862. The molecule has 0 aliphatic heterocycles. The predicted molar refractivity (Wildman–Crippen MR) is 76.4 cm³/mol. The van der Waals surface area contributed by atoms with E-state index in [1.54, 1.807) is 12.1 Å². The van der Waals surface area contributed by atoms with Crippen LogP contribution >= 0.6 is 11.6 Å². The Labute approximate surface area is 122 Å². The zero-order valence-electron chi connectivity index (χ0n) is 10.5. The maximum Gasteiger partial charge on any atom is 0.240 e. The third kappa shape index (κ3) is 3.79. The molecule has 0 amide bonds. The van der Waals surface area contributed by atoms with Crippen LogP contribution in [-0.2, 0) is 22.4 Å². The topological polar surface area (TPSA) is 46.2 Å². The molecule has 0 radical (unpaired) electrons. The molecule has 0 bridgehead atoms. The number of rotatable bonds is 5. The Hall–Kier alpha value is -1.43. The second-order valence-electron chi connectivity index (χ2n) is 4.23. The summed E-state index contributed by atoms with van der Waals surface area (Å²) in [5, 5.41) is 0. The highest BCUT2D eigenvalue weighted by Gasteiger charge is 2.14. The highest BCUT2D eigenvalue weighted by Crippen LogP contribution is 2.12. The van der Waals surface area contributed by atoms with Gasteiger partial charge in [-0.2, -0.15) is 0 Å². The summed E-state index contributed by atoms with van der Waals surface area (Å²) in [4.78, 5) is -0.0881. The molecule has 2 rings (SSSR count). The maximum atomic E-state index is 13.0. The van der Waals surface area contributed by atoms with E-state index < -0.39 is 15.8 Å². The molecule has 0 fully saturated rings. The van der Waals surface area contributed by atoms with Gasteiger partial charge in [-0.05, 0) is 29.3 Å². The number of hydrogen-bond donors (Lipinski definition) is 1. The van der Waals surface area contributed by atoms with Gasteiger partial charge >= 0.3 is 0 Å². The van der Waals surface area contributed by atoms with Crippen molar-refractivity contribution < 1.29 is 12.8 Å². The van der Waals surface area contributed by atoms with E-state index in [9.17, 15) is 12.8 Å². The first-order valence-corrected chi connectivity index (χ1v) is 7.92. The van der Waals surface area contributed by atoms with Crippen molar-refractivity contribution >= 4 is 21.6 Å². The van der Waals surface area contributed by atoms with E-state index in [-0.39, 0.29) is 11.4 Å². The lowest BCUT2D eigenvalue weighted by Gasteiger charge is -2.07. The summed E-state index contributed by atoms with van der Waals surface area (Å²) in [7, 11) is -3.71. The van der Waals surface area contributed by atoms with Crippen LogP contribution in [0.2, 0.25) is 0 Å². The standard InChI is InChI=1S/C14H13ClFNO2S/c15-9-11-4-6-12(7-5-11)10-17-20(18,19)14-3-1-2-13(16)8-14/h1-8,17H,9-10H2. The van der Waals surface area contributed by atoms with Crippen LogP contribution in [0, 0.1) is 5.82 Å². The molecule has 0 unspecified atom stereocenters. The summed E-state index contributed by atoms with van der Waals surface area (Å²) in [6, 6.07) is 12.2. The molecular formula is C14H13ClFNO2S. The van der Waals surface area contributed by atoms with Gasteiger partial charge in [-0.15, -0.1) is 11.6 Å². The minimum absolute atomic E-state index is 0.0881. The van der Waals surface area contributed by atoms with Crippen molar-refractivity contribution in [2.75, 3.05) is 0 Å². The van der Waals surface area contributed by atoms with Crippen molar-refractivity contribution in [2.24, 2.45) is 0 Å². The summed E-state index contributed by atoms with van der Waals surface area (Å²) in [6.07, 6.45) is 0. The number of hydrogen-bond acceptors (Lipinski definition) is 2. The van der Waals surface area contributed by atoms with Gasteiger partial charge in [-0.1, -0.05) is 30.3 Å². The van der Waals surface area contributed by atoms with Gasteiger partial charge in [0.2, 0.25) is 10.0 Å². The van der Waals surface area contributed by atoms with Crippen LogP contribution in [0.15, 0.2) is 53.4 Å². The van der Waals surface area contributed by atoms with Gasteiger partial charge in [-0.25, -0.2) is 17.5 Å². The van der Waals surface area contributed by atoms with Crippen molar-refractivity contribution in [3.63, 3.8) is 0 Å². The molecule has 0 heterocycles. The molecule has 0 aromatic heterocycles. The summed E-state index contributed by atoms with van der Waals surface area (Å²) < 4.78 is 39.4. The normalized spacial score (nSPS) is 11.5. The molecule has 2 aromatic carbocycles. The van der Waals surface area contributed by atoms with Gasteiger partial charge in [0.05, 0.1) is 4.90 Å². The summed E-state index contributed by atoms with van der Waals surface area (Å²) in [5.74, 6) is -0.172. The third-order valence-electron chi connectivity index (χ3n) is 2.75. The van der Waals surface area contributed by atoms with E-state index in [0.717, 1.165) is 17.2 Å². The Morgan fingerprint density at radius 3 is 2.30 bits per heavy atom. The number of benzene rings is 2. The molecule has 0 saturated carbocycles. The van der Waals surface area contributed by atoms with Gasteiger partial charge < -0.3 is 0 Å². The van der Waals surface area contributed by atoms with Crippen LogP contribution in [0.4, 0.5) is 4.39 Å². The van der Waals surface area contributed by atoms with Crippen molar-refractivity contribution in [3.8, 4) is 0 Å². The molecule has 0 atom stereocenters. The van der Waals surface area contributed by atoms with E-state index in [1.807, 2.05) is 12.1 Å². The lowest BCUT2D eigenvalue weighted by molar-refractivity contribution is 0.577. The minimum Gasteiger partial charge on any atom is -0.207 e. The van der Waals surface area contributed by atoms with Crippen molar-refractivity contribution in [1.82, 2.24) is 4.72 Å². The first-order chi connectivity index (χ1) is 9.51.